The molecule has 6 rings (SSSR count). The monoisotopic (exact) mass is 496 g/mol. The van der Waals surface area contributed by atoms with Gasteiger partial charge < -0.3 is 13.3 Å². The molecular weight excluding hydrogens is 486 g/mol. The quantitative estimate of drug-likeness (QED) is 0.289. The Kier molecular flexibility index (Phi) is 4.74. The lowest BCUT2D eigenvalue weighted by Gasteiger charge is -2.01. The lowest BCUT2D eigenvalue weighted by atomic mass is 10.2. The van der Waals surface area contributed by atoms with Crippen LogP contribution in [-0.4, -0.2) is 29.9 Å². The van der Waals surface area contributed by atoms with Gasteiger partial charge in [-0.3, -0.25) is 0 Å². The Morgan fingerprint density at radius 2 is 1.19 bits per heavy atom. The molecule has 0 aliphatic carbocycles. The first-order chi connectivity index (χ1) is 17.8. The van der Waals surface area contributed by atoms with Crippen molar-refractivity contribution in [1.82, 2.24) is 29.9 Å². The molecule has 0 radical (unpaired) electrons. The van der Waals surface area contributed by atoms with E-state index in [0.29, 0.717) is 11.1 Å². The van der Waals surface area contributed by atoms with E-state index < -0.39 is 11.6 Å². The van der Waals surface area contributed by atoms with E-state index in [4.69, 9.17) is 19.8 Å². The summed E-state index contributed by atoms with van der Waals surface area (Å²) < 4.78 is 45.4. The van der Waals surface area contributed by atoms with Gasteiger partial charge in [-0.25, -0.2) is 23.7 Å². The Bertz CT molecular complexity index is 1840. The Hall–Kier alpha value is -5.56. The summed E-state index contributed by atoms with van der Waals surface area (Å²) in [5, 5.41) is 9.24. The van der Waals surface area contributed by atoms with Gasteiger partial charge in [0.05, 0.1) is 6.57 Å². The zero-order chi connectivity index (χ0) is 25.8. The van der Waals surface area contributed by atoms with Crippen LogP contribution in [0.25, 0.3) is 62.2 Å². The van der Waals surface area contributed by atoms with Crippen LogP contribution in [-0.2, 0) is 0 Å². The van der Waals surface area contributed by atoms with Crippen molar-refractivity contribution in [2.24, 2.45) is 0 Å². The van der Waals surface area contributed by atoms with E-state index in [0.717, 1.165) is 0 Å². The van der Waals surface area contributed by atoms with Crippen molar-refractivity contribution in [3.05, 3.63) is 64.1 Å². The number of oxazole rings is 3. The summed E-state index contributed by atoms with van der Waals surface area (Å²) in [6.07, 6.45) is 0. The molecule has 178 valence electrons. The van der Waals surface area contributed by atoms with E-state index in [9.17, 15) is 14.0 Å². The van der Waals surface area contributed by atoms with Gasteiger partial charge in [0.1, 0.15) is 17.1 Å². The highest BCUT2D eigenvalue weighted by Crippen LogP contribution is 2.31. The summed E-state index contributed by atoms with van der Waals surface area (Å²) in [5.74, 6) is -2.78. The van der Waals surface area contributed by atoms with Crippen molar-refractivity contribution >= 4 is 28.1 Å². The first kappa shape index (κ1) is 21.9. The number of benzene rings is 2. The molecule has 4 heterocycles. The molecule has 6 aromatic rings. The van der Waals surface area contributed by atoms with E-state index in [1.807, 2.05) is 0 Å². The lowest BCUT2D eigenvalue weighted by molar-refractivity contribution is 0.555. The number of aromatic nitrogens is 6. The van der Waals surface area contributed by atoms with Crippen LogP contribution in [0.1, 0.15) is 16.8 Å². The highest BCUT2D eigenvalue weighted by Gasteiger charge is 2.24. The molecule has 0 bridgehead atoms. The molecular formula is C24H10F2N8O3. The molecule has 13 heteroatoms. The summed E-state index contributed by atoms with van der Waals surface area (Å²) in [6, 6.07) is 7.57. The molecule has 0 aliphatic heterocycles. The van der Waals surface area contributed by atoms with Crippen LogP contribution < -0.4 is 0 Å². The molecule has 2 aromatic carbocycles. The molecule has 37 heavy (non-hydrogen) atoms. The third-order valence-electron chi connectivity index (χ3n) is 5.20. The fraction of sp³-hybridized carbons (Fsp3) is 0.0833. The van der Waals surface area contributed by atoms with Crippen LogP contribution in [0.4, 0.5) is 14.7 Å². The number of halogens is 2. The lowest BCUT2D eigenvalue weighted by Crippen LogP contribution is -2.00. The minimum absolute atomic E-state index is 0.110. The number of aryl methyl sites for hydroxylation is 2. The third kappa shape index (κ3) is 3.62. The van der Waals surface area contributed by atoms with Crippen molar-refractivity contribution in [1.29, 1.82) is 5.26 Å². The van der Waals surface area contributed by atoms with Gasteiger partial charge in [-0.05, 0) is 49.2 Å². The minimum atomic E-state index is -0.624. The van der Waals surface area contributed by atoms with Gasteiger partial charge in [0.25, 0.3) is 17.7 Å². The Morgan fingerprint density at radius 1 is 0.730 bits per heavy atom. The Balaban J connectivity index is 1.59. The zero-order valence-corrected chi connectivity index (χ0v) is 18.9. The fourth-order valence-electron chi connectivity index (χ4n) is 3.66. The highest BCUT2D eigenvalue weighted by atomic mass is 19.1. The van der Waals surface area contributed by atoms with Crippen LogP contribution in [0.2, 0.25) is 0 Å². The Labute approximate surface area is 204 Å². The standard InChI is InChI=1S/C24H10F2N8O3/c1-9-4-11(25)16-13(6-9)29-22(35-16)18-32-19(23-30-14-7-10(2)5-12(26)17(14)36-23)34-20(33-18)24-31-15(8-27)21(28-3)37-24/h4-7H,1-2H3. The summed E-state index contributed by atoms with van der Waals surface area (Å²) in [5.41, 5.74) is 1.22. The molecule has 4 aromatic heterocycles. The number of nitriles is 1. The first-order valence-corrected chi connectivity index (χ1v) is 10.5. The number of rotatable bonds is 3. The second-order valence-corrected chi connectivity index (χ2v) is 7.93. The van der Waals surface area contributed by atoms with Crippen molar-refractivity contribution in [3.8, 4) is 41.2 Å². The van der Waals surface area contributed by atoms with Crippen molar-refractivity contribution < 1.29 is 22.0 Å². The van der Waals surface area contributed by atoms with E-state index in [1.54, 1.807) is 32.0 Å². The van der Waals surface area contributed by atoms with Gasteiger partial charge in [0.2, 0.25) is 17.5 Å². The van der Waals surface area contributed by atoms with E-state index >= 15 is 0 Å². The summed E-state index contributed by atoms with van der Waals surface area (Å²) in [6.45, 7) is 10.6. The van der Waals surface area contributed by atoms with E-state index in [1.165, 1.54) is 12.1 Å². The fourth-order valence-corrected chi connectivity index (χ4v) is 3.66. The van der Waals surface area contributed by atoms with E-state index in [-0.39, 0.29) is 68.9 Å². The normalized spacial score (nSPS) is 11.2. The predicted molar refractivity (Wildman–Crippen MR) is 122 cm³/mol. The molecule has 0 atom stereocenters. The molecule has 0 fully saturated rings. The van der Waals surface area contributed by atoms with Gasteiger partial charge in [0, 0.05) is 0 Å². The molecule has 0 spiro atoms. The minimum Gasteiger partial charge on any atom is -0.460 e. The first-order valence-electron chi connectivity index (χ1n) is 10.5. The smallest absolute Gasteiger partial charge is 0.383 e. The maximum Gasteiger partial charge on any atom is 0.383 e. The summed E-state index contributed by atoms with van der Waals surface area (Å²) in [7, 11) is 0. The maximum atomic E-state index is 14.4. The average Bonchev–Trinajstić information content (AvgIpc) is 3.60. The van der Waals surface area contributed by atoms with Crippen LogP contribution in [0.3, 0.4) is 0 Å². The summed E-state index contributed by atoms with van der Waals surface area (Å²) >= 11 is 0. The maximum absolute atomic E-state index is 14.4. The SMILES string of the molecule is [C-]#[N+]c1oc(-c2nc(-c3nc4cc(C)cc(F)c4o3)nc(-c3nc4cc(C)cc(F)c4o3)n2)nc1C#N. The van der Waals surface area contributed by atoms with Crippen LogP contribution in [0, 0.1) is 43.4 Å². The molecule has 0 aliphatic rings. The van der Waals surface area contributed by atoms with Gasteiger partial charge >= 0.3 is 5.88 Å². The molecule has 0 saturated carbocycles. The number of hydrogen-bond acceptors (Lipinski definition) is 10. The predicted octanol–water partition coefficient (Wildman–Crippen LogP) is 5.46. The van der Waals surface area contributed by atoms with Crippen molar-refractivity contribution in [3.63, 3.8) is 0 Å². The molecule has 0 amide bonds. The topological polar surface area (TPSA) is 145 Å². The highest BCUT2D eigenvalue weighted by molar-refractivity contribution is 5.78. The van der Waals surface area contributed by atoms with E-state index in [2.05, 4.69) is 34.7 Å². The van der Waals surface area contributed by atoms with Gasteiger partial charge in [0.15, 0.2) is 28.5 Å². The third-order valence-corrected chi connectivity index (χ3v) is 5.20. The second kappa shape index (κ2) is 8.00. The molecule has 0 N–H and O–H groups in total. The summed E-state index contributed by atoms with van der Waals surface area (Å²) in [4.78, 5) is 28.4. The average molecular weight is 496 g/mol. The number of hydrogen-bond donors (Lipinski definition) is 0. The molecule has 11 nitrogen and oxygen atoms in total. The van der Waals surface area contributed by atoms with Crippen LogP contribution in [0.5, 0.6) is 0 Å². The zero-order valence-electron chi connectivity index (χ0n) is 18.9. The van der Waals surface area contributed by atoms with Crippen molar-refractivity contribution in [2.75, 3.05) is 0 Å². The van der Waals surface area contributed by atoms with Crippen LogP contribution >= 0.6 is 0 Å². The number of nitrogens with zero attached hydrogens (tertiary/aromatic N) is 8. The van der Waals surface area contributed by atoms with Gasteiger partial charge in [-0.15, -0.1) is 0 Å². The molecule has 0 unspecified atom stereocenters. The second-order valence-electron chi connectivity index (χ2n) is 7.93. The van der Waals surface area contributed by atoms with Gasteiger partial charge in [-0.2, -0.15) is 25.1 Å². The van der Waals surface area contributed by atoms with Crippen molar-refractivity contribution in [2.45, 2.75) is 13.8 Å². The molecule has 0 saturated heterocycles. The van der Waals surface area contributed by atoms with Gasteiger partial charge in [-0.1, -0.05) is 0 Å². The largest absolute Gasteiger partial charge is 0.460 e. The van der Waals surface area contributed by atoms with Crippen LogP contribution in [0.15, 0.2) is 37.5 Å². The Morgan fingerprint density at radius 3 is 1.59 bits per heavy atom. The number of fused-ring (bicyclic) bond motifs is 2.